The molecule has 2 aromatic heterocycles. The highest BCUT2D eigenvalue weighted by Crippen LogP contribution is 2.22. The van der Waals surface area contributed by atoms with Crippen LogP contribution in [0.25, 0.3) is 0 Å². The normalized spacial score (nSPS) is 10.8. The minimum Gasteiger partial charge on any atom is -0.486 e. The van der Waals surface area contributed by atoms with Gasteiger partial charge in [-0.25, -0.2) is 10.1 Å². The monoisotopic (exact) mass is 353 g/mol. The summed E-state index contributed by atoms with van der Waals surface area (Å²) in [5.74, 6) is 1.78. The summed E-state index contributed by atoms with van der Waals surface area (Å²) in [7, 11) is 0. The van der Waals surface area contributed by atoms with Gasteiger partial charge in [-0.05, 0) is 24.3 Å². The molecular formula is C13H12ClN5OS2. The van der Waals surface area contributed by atoms with Crippen LogP contribution in [-0.2, 0) is 12.4 Å². The highest BCUT2D eigenvalue weighted by atomic mass is 35.5. The summed E-state index contributed by atoms with van der Waals surface area (Å²) in [6, 6.07) is 7.26. The smallest absolute Gasteiger partial charge is 0.216 e. The summed E-state index contributed by atoms with van der Waals surface area (Å²) >= 11 is 8.87. The Labute approximate surface area is 140 Å². The van der Waals surface area contributed by atoms with Gasteiger partial charge in [0.25, 0.3) is 0 Å². The van der Waals surface area contributed by atoms with Crippen LogP contribution in [0.2, 0.25) is 5.02 Å². The average molecular weight is 354 g/mol. The Hall–Kier alpha value is -1.77. The van der Waals surface area contributed by atoms with E-state index in [1.165, 1.54) is 11.8 Å². The molecule has 9 heteroatoms. The number of hydrogen-bond donors (Lipinski definition) is 2. The van der Waals surface area contributed by atoms with Gasteiger partial charge < -0.3 is 10.5 Å². The molecule has 3 aromatic rings. The third-order valence-corrected chi connectivity index (χ3v) is 4.61. The van der Waals surface area contributed by atoms with Crippen LogP contribution < -0.4 is 10.5 Å². The van der Waals surface area contributed by atoms with Crippen LogP contribution in [0.1, 0.15) is 10.7 Å². The van der Waals surface area contributed by atoms with Crippen LogP contribution >= 0.6 is 34.7 Å². The molecule has 0 bridgehead atoms. The van der Waals surface area contributed by atoms with Crippen LogP contribution in [0.3, 0.4) is 0 Å². The maximum absolute atomic E-state index is 5.83. The van der Waals surface area contributed by atoms with E-state index in [4.69, 9.17) is 22.1 Å². The van der Waals surface area contributed by atoms with E-state index in [-0.39, 0.29) is 0 Å². The number of halogens is 1. The van der Waals surface area contributed by atoms with Gasteiger partial charge in [-0.3, -0.25) is 0 Å². The predicted molar refractivity (Wildman–Crippen MR) is 88.3 cm³/mol. The zero-order chi connectivity index (χ0) is 15.4. The highest BCUT2D eigenvalue weighted by molar-refractivity contribution is 7.98. The molecule has 3 N–H and O–H groups in total. The van der Waals surface area contributed by atoms with E-state index in [0.717, 1.165) is 16.5 Å². The number of benzene rings is 1. The second-order valence-corrected chi connectivity index (χ2v) is 6.59. The number of thioether (sulfide) groups is 1. The fourth-order valence-electron chi connectivity index (χ4n) is 1.62. The standard InChI is InChI=1S/C13H12ClN5OS2/c14-8-1-3-10(4-2-8)20-5-11-16-9(6-21-11)7-22-13-17-12(15)18-19-13/h1-4,6H,5,7H2,(H3,15,17,18,19). The molecule has 0 aliphatic heterocycles. The zero-order valence-corrected chi connectivity index (χ0v) is 13.7. The van der Waals surface area contributed by atoms with Gasteiger partial charge in [-0.1, -0.05) is 23.4 Å². The lowest BCUT2D eigenvalue weighted by molar-refractivity contribution is 0.305. The van der Waals surface area contributed by atoms with Gasteiger partial charge in [-0.15, -0.1) is 16.4 Å². The van der Waals surface area contributed by atoms with Crippen LogP contribution in [0.5, 0.6) is 5.75 Å². The molecule has 0 aliphatic carbocycles. The lowest BCUT2D eigenvalue weighted by atomic mass is 10.3. The Balaban J connectivity index is 1.51. The number of aromatic amines is 1. The Morgan fingerprint density at radius 1 is 1.27 bits per heavy atom. The van der Waals surface area contributed by atoms with Gasteiger partial charge in [0.1, 0.15) is 17.4 Å². The number of rotatable bonds is 6. The van der Waals surface area contributed by atoms with E-state index >= 15 is 0 Å². The maximum atomic E-state index is 5.83. The number of nitrogens with zero attached hydrogens (tertiary/aromatic N) is 3. The summed E-state index contributed by atoms with van der Waals surface area (Å²) in [6.45, 7) is 0.435. The van der Waals surface area contributed by atoms with Gasteiger partial charge in [0.05, 0.1) is 5.69 Å². The van der Waals surface area contributed by atoms with Crippen LogP contribution in [0.15, 0.2) is 34.8 Å². The van der Waals surface area contributed by atoms with Crippen molar-refractivity contribution in [3.63, 3.8) is 0 Å². The van der Waals surface area contributed by atoms with Crippen molar-refractivity contribution in [2.45, 2.75) is 17.5 Å². The van der Waals surface area contributed by atoms with Crippen molar-refractivity contribution in [1.82, 2.24) is 20.2 Å². The van der Waals surface area contributed by atoms with Crippen molar-refractivity contribution in [3.05, 3.63) is 45.4 Å². The Morgan fingerprint density at radius 3 is 2.82 bits per heavy atom. The first kappa shape index (κ1) is 15.1. The molecule has 0 aliphatic rings. The molecule has 0 unspecified atom stereocenters. The van der Waals surface area contributed by atoms with Crippen LogP contribution in [0.4, 0.5) is 5.95 Å². The number of hydrogen-bond acceptors (Lipinski definition) is 7. The van der Waals surface area contributed by atoms with Crippen LogP contribution in [0, 0.1) is 0 Å². The first-order chi connectivity index (χ1) is 10.7. The minimum atomic E-state index is 0.317. The predicted octanol–water partition coefficient (Wildman–Crippen LogP) is 3.37. The second kappa shape index (κ2) is 6.99. The van der Waals surface area contributed by atoms with Crippen LogP contribution in [-0.4, -0.2) is 20.2 Å². The number of aromatic nitrogens is 4. The molecule has 0 fully saturated rings. The Bertz CT molecular complexity index is 743. The van der Waals surface area contributed by atoms with Crippen molar-refractivity contribution >= 4 is 40.6 Å². The molecule has 114 valence electrons. The number of anilines is 1. The second-order valence-electron chi connectivity index (χ2n) is 4.27. The average Bonchev–Trinajstić information content (AvgIpc) is 3.13. The summed E-state index contributed by atoms with van der Waals surface area (Å²) in [4.78, 5) is 8.54. The SMILES string of the molecule is Nc1nc(SCc2csc(COc3ccc(Cl)cc3)n2)n[nH]1. The summed E-state index contributed by atoms with van der Waals surface area (Å²) < 4.78 is 5.66. The fraction of sp³-hybridized carbons (Fsp3) is 0.154. The lowest BCUT2D eigenvalue weighted by Crippen LogP contribution is -1.95. The molecule has 3 rings (SSSR count). The van der Waals surface area contributed by atoms with Crippen molar-refractivity contribution in [1.29, 1.82) is 0 Å². The van der Waals surface area contributed by atoms with E-state index in [9.17, 15) is 0 Å². The number of nitrogens with one attached hydrogen (secondary N) is 1. The molecule has 22 heavy (non-hydrogen) atoms. The number of H-pyrrole nitrogens is 1. The third kappa shape index (κ3) is 4.12. The molecular weight excluding hydrogens is 342 g/mol. The molecule has 2 heterocycles. The molecule has 0 spiro atoms. The highest BCUT2D eigenvalue weighted by Gasteiger charge is 2.06. The van der Waals surface area contributed by atoms with E-state index in [2.05, 4.69) is 20.2 Å². The summed E-state index contributed by atoms with van der Waals surface area (Å²) in [5, 5.41) is 10.8. The van der Waals surface area contributed by atoms with Gasteiger partial charge in [-0.2, -0.15) is 4.98 Å². The van der Waals surface area contributed by atoms with Crippen molar-refractivity contribution in [2.24, 2.45) is 0 Å². The molecule has 0 radical (unpaired) electrons. The lowest BCUT2D eigenvalue weighted by Gasteiger charge is -2.03. The van der Waals surface area contributed by atoms with E-state index in [0.29, 0.717) is 28.5 Å². The van der Waals surface area contributed by atoms with Gasteiger partial charge >= 0.3 is 0 Å². The van der Waals surface area contributed by atoms with Crippen molar-refractivity contribution in [2.75, 3.05) is 5.73 Å². The molecule has 6 nitrogen and oxygen atoms in total. The molecule has 0 amide bonds. The van der Waals surface area contributed by atoms with Crippen molar-refractivity contribution in [3.8, 4) is 5.75 Å². The molecule has 0 saturated heterocycles. The molecule has 0 saturated carbocycles. The minimum absolute atomic E-state index is 0.317. The van der Waals surface area contributed by atoms with E-state index < -0.39 is 0 Å². The number of ether oxygens (including phenoxy) is 1. The number of thiazole rings is 1. The fourth-order valence-corrected chi connectivity index (χ4v) is 3.25. The van der Waals surface area contributed by atoms with Gasteiger partial charge in [0.2, 0.25) is 11.1 Å². The molecule has 1 aromatic carbocycles. The topological polar surface area (TPSA) is 89.7 Å². The van der Waals surface area contributed by atoms with Crippen molar-refractivity contribution < 1.29 is 4.74 Å². The number of nitrogen functional groups attached to an aromatic ring is 1. The zero-order valence-electron chi connectivity index (χ0n) is 11.3. The third-order valence-electron chi connectivity index (χ3n) is 2.61. The number of nitrogens with two attached hydrogens (primary N) is 1. The quantitative estimate of drug-likeness (QED) is 0.660. The first-order valence-corrected chi connectivity index (χ1v) is 8.56. The Kier molecular flexibility index (Phi) is 4.81. The van der Waals surface area contributed by atoms with E-state index in [1.807, 2.05) is 17.5 Å². The maximum Gasteiger partial charge on any atom is 0.216 e. The first-order valence-electron chi connectivity index (χ1n) is 6.31. The van der Waals surface area contributed by atoms with Gasteiger partial charge in [0.15, 0.2) is 0 Å². The molecule has 0 atom stereocenters. The van der Waals surface area contributed by atoms with Gasteiger partial charge in [0, 0.05) is 16.2 Å². The summed E-state index contributed by atoms with van der Waals surface area (Å²) in [6.07, 6.45) is 0. The largest absolute Gasteiger partial charge is 0.486 e. The Morgan fingerprint density at radius 2 is 2.09 bits per heavy atom. The summed E-state index contributed by atoms with van der Waals surface area (Å²) in [5.41, 5.74) is 6.44. The van der Waals surface area contributed by atoms with E-state index in [1.54, 1.807) is 23.5 Å².